The van der Waals surface area contributed by atoms with E-state index < -0.39 is 15.8 Å². The number of hydrogen-bond donors (Lipinski definition) is 2. The quantitative estimate of drug-likeness (QED) is 0.773. The third-order valence-electron chi connectivity index (χ3n) is 3.06. The Bertz CT molecular complexity index is 545. The largest absolute Gasteiger partial charge is 0.396 e. The second-order valence-corrected chi connectivity index (χ2v) is 6.93. The van der Waals surface area contributed by atoms with Crippen LogP contribution in [-0.4, -0.2) is 15.0 Å². The summed E-state index contributed by atoms with van der Waals surface area (Å²) in [6.07, 6.45) is 1.79. The monoisotopic (exact) mass is 352 g/mol. The Kier molecular flexibility index (Phi) is 5.76. The SMILES string of the molecule is CCC(CC)CNS(=O)(=O)c1cc(N)c(F)cc1Br. The van der Waals surface area contributed by atoms with E-state index >= 15 is 0 Å². The van der Waals surface area contributed by atoms with Gasteiger partial charge < -0.3 is 5.73 Å². The van der Waals surface area contributed by atoms with Gasteiger partial charge in [-0.05, 0) is 34.0 Å². The van der Waals surface area contributed by atoms with E-state index in [2.05, 4.69) is 20.7 Å². The Morgan fingerprint density at radius 1 is 1.37 bits per heavy atom. The molecule has 0 bridgehead atoms. The topological polar surface area (TPSA) is 72.2 Å². The van der Waals surface area contributed by atoms with Crippen LogP contribution in [0.5, 0.6) is 0 Å². The molecule has 0 heterocycles. The van der Waals surface area contributed by atoms with Gasteiger partial charge >= 0.3 is 0 Å². The second kappa shape index (κ2) is 6.67. The number of nitrogen functional groups attached to an aromatic ring is 1. The highest BCUT2D eigenvalue weighted by Gasteiger charge is 2.20. The third kappa shape index (κ3) is 4.15. The predicted octanol–water partition coefficient (Wildman–Crippen LogP) is 2.88. The van der Waals surface area contributed by atoms with Gasteiger partial charge in [-0.2, -0.15) is 0 Å². The van der Waals surface area contributed by atoms with Crippen molar-refractivity contribution in [3.05, 3.63) is 22.4 Å². The third-order valence-corrected chi connectivity index (χ3v) is 5.44. The molecular formula is C12H18BrFN2O2S. The van der Waals surface area contributed by atoms with Crippen LogP contribution in [0.4, 0.5) is 10.1 Å². The molecule has 1 aromatic rings. The molecule has 108 valence electrons. The molecule has 0 spiro atoms. The molecule has 1 aromatic carbocycles. The number of rotatable bonds is 6. The fourth-order valence-electron chi connectivity index (χ4n) is 1.63. The van der Waals surface area contributed by atoms with Crippen LogP contribution in [-0.2, 0) is 10.0 Å². The molecule has 0 aliphatic carbocycles. The number of hydrogen-bond acceptors (Lipinski definition) is 3. The summed E-state index contributed by atoms with van der Waals surface area (Å²) < 4.78 is 40.2. The average molecular weight is 353 g/mol. The maximum absolute atomic E-state index is 13.2. The van der Waals surface area contributed by atoms with Crippen LogP contribution in [0.3, 0.4) is 0 Å². The van der Waals surface area contributed by atoms with Gasteiger partial charge in [0.1, 0.15) is 5.82 Å². The Morgan fingerprint density at radius 3 is 2.47 bits per heavy atom. The fraction of sp³-hybridized carbons (Fsp3) is 0.500. The normalized spacial score (nSPS) is 12.1. The summed E-state index contributed by atoms with van der Waals surface area (Å²) in [6, 6.07) is 2.18. The van der Waals surface area contributed by atoms with Gasteiger partial charge in [-0.25, -0.2) is 17.5 Å². The van der Waals surface area contributed by atoms with Crippen molar-refractivity contribution < 1.29 is 12.8 Å². The Hall–Kier alpha value is -0.660. The van der Waals surface area contributed by atoms with Gasteiger partial charge in [-0.3, -0.25) is 0 Å². The summed E-state index contributed by atoms with van der Waals surface area (Å²) in [7, 11) is -3.69. The lowest BCUT2D eigenvalue weighted by Gasteiger charge is -2.14. The summed E-state index contributed by atoms with van der Waals surface area (Å²) in [5.41, 5.74) is 5.22. The smallest absolute Gasteiger partial charge is 0.241 e. The van der Waals surface area contributed by atoms with Crippen molar-refractivity contribution in [2.45, 2.75) is 31.6 Å². The van der Waals surface area contributed by atoms with E-state index in [1.807, 2.05) is 13.8 Å². The lowest BCUT2D eigenvalue weighted by Crippen LogP contribution is -2.29. The Morgan fingerprint density at radius 2 is 1.95 bits per heavy atom. The van der Waals surface area contributed by atoms with E-state index in [1.54, 1.807) is 0 Å². The van der Waals surface area contributed by atoms with E-state index in [0.29, 0.717) is 6.54 Å². The lowest BCUT2D eigenvalue weighted by molar-refractivity contribution is 0.478. The van der Waals surface area contributed by atoms with Crippen molar-refractivity contribution in [2.24, 2.45) is 5.92 Å². The fourth-order valence-corrected chi connectivity index (χ4v) is 3.80. The van der Waals surface area contributed by atoms with Gasteiger partial charge in [0.05, 0.1) is 10.6 Å². The maximum atomic E-state index is 13.2. The summed E-state index contributed by atoms with van der Waals surface area (Å²) in [6.45, 7) is 4.38. The number of halogens is 2. The molecule has 0 radical (unpaired) electrons. The minimum absolute atomic E-state index is 0.0441. The number of anilines is 1. The van der Waals surface area contributed by atoms with E-state index in [0.717, 1.165) is 25.0 Å². The summed E-state index contributed by atoms with van der Waals surface area (Å²) in [5, 5.41) is 0. The minimum atomic E-state index is -3.69. The molecule has 0 saturated heterocycles. The molecule has 0 fully saturated rings. The first-order chi connectivity index (χ1) is 8.81. The molecule has 0 aromatic heterocycles. The van der Waals surface area contributed by atoms with Crippen LogP contribution in [0.1, 0.15) is 26.7 Å². The van der Waals surface area contributed by atoms with Crippen LogP contribution in [0.25, 0.3) is 0 Å². The van der Waals surface area contributed by atoms with Crippen molar-refractivity contribution in [3.8, 4) is 0 Å². The molecule has 0 atom stereocenters. The first-order valence-corrected chi connectivity index (χ1v) is 8.33. The van der Waals surface area contributed by atoms with E-state index in [4.69, 9.17) is 5.73 Å². The van der Waals surface area contributed by atoms with Gasteiger partial charge in [0.25, 0.3) is 0 Å². The standard InChI is InChI=1S/C12H18BrFN2O2S/c1-3-8(4-2)7-16-19(17,18)12-6-11(15)10(14)5-9(12)13/h5-6,8,16H,3-4,7,15H2,1-2H3. The summed E-state index contributed by atoms with van der Waals surface area (Å²) >= 11 is 3.04. The van der Waals surface area contributed by atoms with Crippen LogP contribution in [0.15, 0.2) is 21.5 Å². The highest BCUT2D eigenvalue weighted by atomic mass is 79.9. The summed E-state index contributed by atoms with van der Waals surface area (Å²) in [4.78, 5) is -0.0441. The van der Waals surface area contributed by atoms with Gasteiger partial charge in [0.15, 0.2) is 0 Å². The second-order valence-electron chi connectivity index (χ2n) is 4.34. The predicted molar refractivity (Wildman–Crippen MR) is 77.8 cm³/mol. The molecule has 4 nitrogen and oxygen atoms in total. The molecule has 1 rings (SSSR count). The Balaban J connectivity index is 2.98. The molecule has 19 heavy (non-hydrogen) atoms. The van der Waals surface area contributed by atoms with Crippen LogP contribution in [0.2, 0.25) is 0 Å². The Labute approximate surface area is 121 Å². The molecule has 0 unspecified atom stereocenters. The van der Waals surface area contributed by atoms with Gasteiger partial charge in [0, 0.05) is 11.0 Å². The molecular weight excluding hydrogens is 335 g/mol. The van der Waals surface area contributed by atoms with E-state index in [1.165, 1.54) is 0 Å². The number of benzene rings is 1. The number of nitrogens with one attached hydrogen (secondary N) is 1. The van der Waals surface area contributed by atoms with Gasteiger partial charge in [-0.15, -0.1) is 0 Å². The van der Waals surface area contributed by atoms with Crippen molar-refractivity contribution >= 4 is 31.6 Å². The molecule has 0 amide bonds. The van der Waals surface area contributed by atoms with Crippen molar-refractivity contribution in [1.82, 2.24) is 4.72 Å². The van der Waals surface area contributed by atoms with Crippen LogP contribution < -0.4 is 10.5 Å². The zero-order valence-electron chi connectivity index (χ0n) is 10.9. The number of sulfonamides is 1. The zero-order valence-corrected chi connectivity index (χ0v) is 13.3. The maximum Gasteiger partial charge on any atom is 0.241 e. The molecule has 0 aliphatic rings. The lowest BCUT2D eigenvalue weighted by atomic mass is 10.0. The minimum Gasteiger partial charge on any atom is -0.396 e. The van der Waals surface area contributed by atoms with Crippen molar-refractivity contribution in [2.75, 3.05) is 12.3 Å². The van der Waals surface area contributed by atoms with Gasteiger partial charge in [-0.1, -0.05) is 26.7 Å². The molecule has 3 N–H and O–H groups in total. The first-order valence-electron chi connectivity index (χ1n) is 6.06. The van der Waals surface area contributed by atoms with Crippen LogP contribution in [0, 0.1) is 11.7 Å². The van der Waals surface area contributed by atoms with Gasteiger partial charge in [0.2, 0.25) is 10.0 Å². The van der Waals surface area contributed by atoms with Crippen molar-refractivity contribution in [1.29, 1.82) is 0 Å². The average Bonchev–Trinajstić information content (AvgIpc) is 2.34. The van der Waals surface area contributed by atoms with Crippen molar-refractivity contribution in [3.63, 3.8) is 0 Å². The highest BCUT2D eigenvalue weighted by molar-refractivity contribution is 9.10. The van der Waals surface area contributed by atoms with E-state index in [9.17, 15) is 12.8 Å². The number of nitrogens with two attached hydrogens (primary N) is 1. The molecule has 0 aliphatic heterocycles. The molecule has 0 saturated carbocycles. The highest BCUT2D eigenvalue weighted by Crippen LogP contribution is 2.26. The summed E-state index contributed by atoms with van der Waals surface area (Å²) in [5.74, 6) is -0.364. The zero-order chi connectivity index (χ0) is 14.6. The first kappa shape index (κ1) is 16.4. The van der Waals surface area contributed by atoms with Crippen LogP contribution >= 0.6 is 15.9 Å². The molecule has 7 heteroatoms. The van der Waals surface area contributed by atoms with E-state index in [-0.39, 0.29) is 21.0 Å².